The van der Waals surface area contributed by atoms with Gasteiger partial charge in [0, 0.05) is 15.7 Å². The molecule has 0 atom stereocenters. The number of ether oxygens (including phenoxy) is 2. The molecule has 0 saturated carbocycles. The van der Waals surface area contributed by atoms with Gasteiger partial charge in [0.15, 0.2) is 11.6 Å². The third-order valence-electron chi connectivity index (χ3n) is 5.09. The molecule has 1 heterocycles. The second-order valence-corrected chi connectivity index (χ2v) is 9.19. The van der Waals surface area contributed by atoms with Crippen molar-refractivity contribution >= 4 is 50.4 Å². The lowest BCUT2D eigenvalue weighted by Gasteiger charge is -2.25. The van der Waals surface area contributed by atoms with Crippen LogP contribution in [0.4, 0.5) is 5.82 Å². The average molecular weight is 539 g/mol. The fourth-order valence-electron chi connectivity index (χ4n) is 3.47. The molecule has 0 bridgehead atoms. The SMILES string of the molecule is CCOC(=O)c1ccc(SN(Cc2ccc(O)cc2)c2nc(Br)c3ccccc3c2OC)cc1. The molecule has 0 radical (unpaired) electrons. The van der Waals surface area contributed by atoms with E-state index in [1.165, 1.54) is 11.9 Å². The summed E-state index contributed by atoms with van der Waals surface area (Å²) >= 11 is 5.09. The molecule has 3 aromatic carbocycles. The summed E-state index contributed by atoms with van der Waals surface area (Å²) in [6.45, 7) is 2.61. The summed E-state index contributed by atoms with van der Waals surface area (Å²) in [5, 5.41) is 11.6. The van der Waals surface area contributed by atoms with Gasteiger partial charge in [0.2, 0.25) is 0 Å². The van der Waals surface area contributed by atoms with Gasteiger partial charge in [-0.1, -0.05) is 36.4 Å². The number of hydrogen-bond acceptors (Lipinski definition) is 7. The lowest BCUT2D eigenvalue weighted by atomic mass is 10.1. The largest absolute Gasteiger partial charge is 0.508 e. The molecule has 0 saturated heterocycles. The number of phenols is 1. The first-order valence-corrected chi connectivity index (χ1v) is 12.2. The first kappa shape index (κ1) is 23.9. The topological polar surface area (TPSA) is 71.9 Å². The minimum atomic E-state index is -0.346. The Morgan fingerprint density at radius 3 is 2.35 bits per heavy atom. The zero-order valence-electron chi connectivity index (χ0n) is 18.7. The number of aromatic hydroxyl groups is 1. The average Bonchev–Trinajstić information content (AvgIpc) is 2.85. The van der Waals surface area contributed by atoms with Crippen LogP contribution in [0.2, 0.25) is 0 Å². The number of methoxy groups -OCH3 is 1. The lowest BCUT2D eigenvalue weighted by Crippen LogP contribution is -2.16. The highest BCUT2D eigenvalue weighted by Gasteiger charge is 2.21. The third kappa shape index (κ3) is 5.29. The van der Waals surface area contributed by atoms with Crippen molar-refractivity contribution in [3.05, 3.63) is 88.5 Å². The van der Waals surface area contributed by atoms with Gasteiger partial charge in [-0.2, -0.15) is 0 Å². The molecule has 34 heavy (non-hydrogen) atoms. The van der Waals surface area contributed by atoms with Crippen LogP contribution in [0.25, 0.3) is 10.8 Å². The van der Waals surface area contributed by atoms with Gasteiger partial charge in [-0.25, -0.2) is 9.78 Å². The predicted octanol–water partition coefficient (Wildman–Crippen LogP) is 6.60. The van der Waals surface area contributed by atoms with Gasteiger partial charge in [0.25, 0.3) is 0 Å². The second kappa shape index (κ2) is 10.8. The van der Waals surface area contributed by atoms with Crippen LogP contribution in [-0.2, 0) is 11.3 Å². The van der Waals surface area contributed by atoms with Crippen LogP contribution in [0.15, 0.2) is 82.3 Å². The van der Waals surface area contributed by atoms with E-state index in [1.54, 1.807) is 38.3 Å². The highest BCUT2D eigenvalue weighted by molar-refractivity contribution is 9.10. The molecular formula is C26H23BrN2O4S. The van der Waals surface area contributed by atoms with E-state index in [-0.39, 0.29) is 11.7 Å². The van der Waals surface area contributed by atoms with Crippen molar-refractivity contribution in [3.63, 3.8) is 0 Å². The zero-order chi connectivity index (χ0) is 24.1. The monoisotopic (exact) mass is 538 g/mol. The molecule has 0 fully saturated rings. The van der Waals surface area contributed by atoms with E-state index >= 15 is 0 Å². The van der Waals surface area contributed by atoms with Crippen LogP contribution in [0.5, 0.6) is 11.5 Å². The van der Waals surface area contributed by atoms with Crippen molar-refractivity contribution in [2.75, 3.05) is 18.0 Å². The van der Waals surface area contributed by atoms with Gasteiger partial charge >= 0.3 is 5.97 Å². The number of benzene rings is 3. The number of carbonyl (C=O) groups excluding carboxylic acids is 1. The zero-order valence-corrected chi connectivity index (χ0v) is 21.1. The number of fused-ring (bicyclic) bond motifs is 1. The molecule has 6 nitrogen and oxygen atoms in total. The second-order valence-electron chi connectivity index (χ2n) is 7.34. The Hall–Kier alpha value is -3.23. The van der Waals surface area contributed by atoms with E-state index in [4.69, 9.17) is 14.5 Å². The van der Waals surface area contributed by atoms with E-state index in [2.05, 4.69) is 15.9 Å². The quantitative estimate of drug-likeness (QED) is 0.154. The summed E-state index contributed by atoms with van der Waals surface area (Å²) in [4.78, 5) is 17.8. The van der Waals surface area contributed by atoms with Crippen LogP contribution in [-0.4, -0.2) is 29.8 Å². The molecule has 4 aromatic rings. The van der Waals surface area contributed by atoms with Crippen molar-refractivity contribution in [3.8, 4) is 11.5 Å². The van der Waals surface area contributed by atoms with Gasteiger partial charge < -0.3 is 14.6 Å². The normalized spacial score (nSPS) is 10.8. The van der Waals surface area contributed by atoms with Crippen LogP contribution < -0.4 is 9.04 Å². The van der Waals surface area contributed by atoms with Crippen LogP contribution in [0.1, 0.15) is 22.8 Å². The molecule has 0 aliphatic rings. The molecule has 0 unspecified atom stereocenters. The van der Waals surface area contributed by atoms with E-state index in [0.717, 1.165) is 21.2 Å². The molecule has 1 aromatic heterocycles. The van der Waals surface area contributed by atoms with Crippen LogP contribution in [0, 0.1) is 0 Å². The Balaban J connectivity index is 1.74. The van der Waals surface area contributed by atoms with Gasteiger partial charge in [-0.3, -0.25) is 4.31 Å². The Morgan fingerprint density at radius 2 is 1.71 bits per heavy atom. The van der Waals surface area contributed by atoms with E-state index in [9.17, 15) is 9.90 Å². The molecule has 0 aliphatic heterocycles. The van der Waals surface area contributed by atoms with Crippen molar-refractivity contribution in [1.29, 1.82) is 0 Å². The predicted molar refractivity (Wildman–Crippen MR) is 139 cm³/mol. The minimum Gasteiger partial charge on any atom is -0.508 e. The molecule has 0 spiro atoms. The fraction of sp³-hybridized carbons (Fsp3) is 0.154. The molecule has 0 amide bonds. The summed E-state index contributed by atoms with van der Waals surface area (Å²) in [6, 6.07) is 22.2. The van der Waals surface area contributed by atoms with Crippen molar-refractivity contribution in [1.82, 2.24) is 4.98 Å². The molecule has 1 N–H and O–H groups in total. The van der Waals surface area contributed by atoms with Gasteiger partial charge in [0.05, 0.1) is 25.8 Å². The maximum absolute atomic E-state index is 12.0. The highest BCUT2D eigenvalue weighted by atomic mass is 79.9. The van der Waals surface area contributed by atoms with Crippen LogP contribution >= 0.6 is 27.9 Å². The first-order chi connectivity index (χ1) is 16.5. The lowest BCUT2D eigenvalue weighted by molar-refractivity contribution is 0.0526. The van der Waals surface area contributed by atoms with Gasteiger partial charge in [0.1, 0.15) is 10.4 Å². The standard InChI is InChI=1S/C26H23BrN2O4S/c1-3-33-26(31)18-10-14-20(15-11-18)34-29(16-17-8-12-19(30)13-9-17)25-23(32-2)21-6-4-5-7-22(21)24(27)28-25/h4-15,30H,3,16H2,1-2H3. The number of anilines is 1. The van der Waals surface area contributed by atoms with Crippen molar-refractivity contribution in [2.45, 2.75) is 18.4 Å². The van der Waals surface area contributed by atoms with E-state index in [1.807, 2.05) is 52.8 Å². The number of carbonyl (C=O) groups is 1. The summed E-state index contributed by atoms with van der Waals surface area (Å²) in [6.07, 6.45) is 0. The van der Waals surface area contributed by atoms with Gasteiger partial charge in [-0.05, 0) is 76.8 Å². The molecule has 174 valence electrons. The van der Waals surface area contributed by atoms with Crippen molar-refractivity contribution in [2.24, 2.45) is 0 Å². The third-order valence-corrected chi connectivity index (χ3v) is 6.69. The molecular weight excluding hydrogens is 516 g/mol. The first-order valence-electron chi connectivity index (χ1n) is 10.6. The number of rotatable bonds is 8. The van der Waals surface area contributed by atoms with Crippen LogP contribution in [0.3, 0.4) is 0 Å². The smallest absolute Gasteiger partial charge is 0.338 e. The molecule has 4 rings (SSSR count). The Morgan fingerprint density at radius 1 is 1.03 bits per heavy atom. The maximum atomic E-state index is 12.0. The number of hydrogen-bond donors (Lipinski definition) is 1. The van der Waals surface area contributed by atoms with Gasteiger partial charge in [-0.15, -0.1) is 0 Å². The number of aromatic nitrogens is 1. The molecule has 0 aliphatic carbocycles. The Labute approximate surface area is 210 Å². The number of esters is 1. The van der Waals surface area contributed by atoms with E-state index in [0.29, 0.717) is 34.9 Å². The summed E-state index contributed by atoms with van der Waals surface area (Å²) in [7, 11) is 1.64. The summed E-state index contributed by atoms with van der Waals surface area (Å²) in [5.74, 6) is 1.18. The number of halogens is 1. The summed E-state index contributed by atoms with van der Waals surface area (Å²) < 4.78 is 13.7. The highest BCUT2D eigenvalue weighted by Crippen LogP contribution is 2.42. The minimum absolute atomic E-state index is 0.210. The number of pyridine rings is 1. The Bertz CT molecular complexity index is 1300. The number of nitrogens with zero attached hydrogens (tertiary/aromatic N) is 2. The fourth-order valence-corrected chi connectivity index (χ4v) is 4.92. The Kier molecular flexibility index (Phi) is 7.59. The summed E-state index contributed by atoms with van der Waals surface area (Å²) in [5.41, 5.74) is 1.49. The molecule has 8 heteroatoms. The van der Waals surface area contributed by atoms with E-state index < -0.39 is 0 Å². The maximum Gasteiger partial charge on any atom is 0.338 e. The van der Waals surface area contributed by atoms with Crippen molar-refractivity contribution < 1.29 is 19.4 Å². The number of phenolic OH excluding ortho intramolecular Hbond substituents is 1.